The highest BCUT2D eigenvalue weighted by Crippen LogP contribution is 2.28. The van der Waals surface area contributed by atoms with E-state index in [4.69, 9.17) is 17.3 Å². The predicted molar refractivity (Wildman–Crippen MR) is 116 cm³/mol. The van der Waals surface area contributed by atoms with E-state index in [1.54, 1.807) is 29.2 Å². The number of hydrogen-bond donors (Lipinski definition) is 3. The van der Waals surface area contributed by atoms with Crippen LogP contribution in [0.3, 0.4) is 0 Å². The third-order valence-electron chi connectivity index (χ3n) is 5.46. The Bertz CT molecular complexity index is 1130. The molecule has 0 unspecified atom stereocenters. The summed E-state index contributed by atoms with van der Waals surface area (Å²) in [5, 5.41) is 3.89. The van der Waals surface area contributed by atoms with Crippen LogP contribution in [0, 0.1) is 5.92 Å². The molecule has 8 heteroatoms. The SMILES string of the molecule is NC(=O)C1CCN(C(=O)c2ccccc2NC(=O)c2[nH]c3ccccc3c2Cl)CC1. The van der Waals surface area contributed by atoms with Gasteiger partial charge in [0.2, 0.25) is 5.91 Å². The van der Waals surface area contributed by atoms with Gasteiger partial charge < -0.3 is 20.9 Å². The van der Waals surface area contributed by atoms with Gasteiger partial charge in [-0.2, -0.15) is 0 Å². The van der Waals surface area contributed by atoms with E-state index in [9.17, 15) is 14.4 Å². The quantitative estimate of drug-likeness (QED) is 0.597. The van der Waals surface area contributed by atoms with Crippen LogP contribution in [0.2, 0.25) is 5.02 Å². The van der Waals surface area contributed by atoms with Crippen LogP contribution in [0.4, 0.5) is 5.69 Å². The van der Waals surface area contributed by atoms with Crippen LogP contribution in [0.1, 0.15) is 33.7 Å². The van der Waals surface area contributed by atoms with Crippen LogP contribution in [-0.2, 0) is 4.79 Å². The molecular formula is C22H21ClN4O3. The molecule has 3 aromatic rings. The smallest absolute Gasteiger partial charge is 0.273 e. The van der Waals surface area contributed by atoms with Crippen molar-refractivity contribution in [2.45, 2.75) is 12.8 Å². The number of primary amides is 1. The third-order valence-corrected chi connectivity index (χ3v) is 5.85. The number of likely N-dealkylation sites (tertiary alicyclic amines) is 1. The Balaban J connectivity index is 1.54. The highest BCUT2D eigenvalue weighted by Gasteiger charge is 2.28. The molecule has 1 saturated heterocycles. The average molecular weight is 425 g/mol. The highest BCUT2D eigenvalue weighted by molar-refractivity contribution is 6.39. The first-order chi connectivity index (χ1) is 14.5. The summed E-state index contributed by atoms with van der Waals surface area (Å²) in [6, 6.07) is 14.2. The molecule has 1 fully saturated rings. The Morgan fingerprint density at radius 1 is 1.03 bits per heavy atom. The van der Waals surface area contributed by atoms with Crippen molar-refractivity contribution in [3.8, 4) is 0 Å². The van der Waals surface area contributed by atoms with Crippen LogP contribution >= 0.6 is 11.6 Å². The summed E-state index contributed by atoms with van der Waals surface area (Å²) in [6.45, 7) is 0.894. The van der Waals surface area contributed by atoms with E-state index in [1.807, 2.05) is 24.3 Å². The zero-order valence-corrected chi connectivity index (χ0v) is 16.9. The molecule has 0 saturated carbocycles. The van der Waals surface area contributed by atoms with Crippen LogP contribution < -0.4 is 11.1 Å². The van der Waals surface area contributed by atoms with Gasteiger partial charge in [-0.05, 0) is 31.0 Å². The van der Waals surface area contributed by atoms with Gasteiger partial charge in [0.05, 0.1) is 16.3 Å². The molecule has 2 heterocycles. The minimum absolute atomic E-state index is 0.198. The third kappa shape index (κ3) is 3.76. The summed E-state index contributed by atoms with van der Waals surface area (Å²) in [6.07, 6.45) is 1.08. The molecular weight excluding hydrogens is 404 g/mol. The lowest BCUT2D eigenvalue weighted by Gasteiger charge is -2.31. The Kier molecular flexibility index (Phi) is 5.46. The topological polar surface area (TPSA) is 108 Å². The Morgan fingerprint density at radius 3 is 2.40 bits per heavy atom. The number of halogens is 1. The molecule has 2 aromatic carbocycles. The number of anilines is 1. The fourth-order valence-corrected chi connectivity index (χ4v) is 4.06. The molecule has 0 bridgehead atoms. The van der Waals surface area contributed by atoms with E-state index >= 15 is 0 Å². The van der Waals surface area contributed by atoms with Gasteiger partial charge in [0, 0.05) is 29.9 Å². The number of carbonyl (C=O) groups is 3. The molecule has 4 rings (SSSR count). The number of aromatic amines is 1. The Morgan fingerprint density at radius 2 is 1.70 bits per heavy atom. The van der Waals surface area contributed by atoms with Crippen molar-refractivity contribution in [1.29, 1.82) is 0 Å². The van der Waals surface area contributed by atoms with Crippen molar-refractivity contribution < 1.29 is 14.4 Å². The number of para-hydroxylation sites is 2. The standard InChI is InChI=1S/C22H21ClN4O3/c23-18-14-5-1-3-7-16(14)25-19(18)21(29)26-17-8-4-2-6-15(17)22(30)27-11-9-13(10-12-27)20(24)28/h1-8,13,25H,9-12H2,(H2,24,28)(H,26,29). The Hall–Kier alpha value is -3.32. The fraction of sp³-hybridized carbons (Fsp3) is 0.227. The lowest BCUT2D eigenvalue weighted by atomic mass is 9.95. The number of rotatable bonds is 4. The number of carbonyl (C=O) groups excluding carboxylic acids is 3. The molecule has 1 aliphatic heterocycles. The molecule has 1 aromatic heterocycles. The second-order valence-electron chi connectivity index (χ2n) is 7.33. The lowest BCUT2D eigenvalue weighted by Crippen LogP contribution is -2.42. The van der Waals surface area contributed by atoms with E-state index in [0.29, 0.717) is 42.2 Å². The first-order valence-electron chi connectivity index (χ1n) is 9.71. The molecule has 3 amide bonds. The summed E-state index contributed by atoms with van der Waals surface area (Å²) in [5.74, 6) is -1.15. The number of nitrogens with zero attached hydrogens (tertiary/aromatic N) is 1. The molecule has 0 spiro atoms. The van der Waals surface area contributed by atoms with Gasteiger partial charge in [-0.1, -0.05) is 41.9 Å². The van der Waals surface area contributed by atoms with Gasteiger partial charge >= 0.3 is 0 Å². The fourth-order valence-electron chi connectivity index (χ4n) is 3.77. The van der Waals surface area contributed by atoms with Gasteiger partial charge in [-0.3, -0.25) is 14.4 Å². The van der Waals surface area contributed by atoms with Gasteiger partial charge in [-0.25, -0.2) is 0 Å². The van der Waals surface area contributed by atoms with Gasteiger partial charge in [0.1, 0.15) is 5.69 Å². The highest BCUT2D eigenvalue weighted by atomic mass is 35.5. The maximum atomic E-state index is 13.0. The summed E-state index contributed by atoms with van der Waals surface area (Å²) in [7, 11) is 0. The number of fused-ring (bicyclic) bond motifs is 1. The Labute approximate surface area is 178 Å². The van der Waals surface area contributed by atoms with E-state index in [0.717, 1.165) is 10.9 Å². The van der Waals surface area contributed by atoms with Gasteiger partial charge in [-0.15, -0.1) is 0 Å². The maximum absolute atomic E-state index is 13.0. The summed E-state index contributed by atoms with van der Waals surface area (Å²) < 4.78 is 0. The van der Waals surface area contributed by atoms with Crippen LogP contribution in [0.25, 0.3) is 10.9 Å². The van der Waals surface area contributed by atoms with Gasteiger partial charge in [0.15, 0.2) is 0 Å². The van der Waals surface area contributed by atoms with Crippen molar-refractivity contribution >= 4 is 45.9 Å². The first kappa shape index (κ1) is 20.0. The number of hydrogen-bond acceptors (Lipinski definition) is 3. The number of piperidine rings is 1. The van der Waals surface area contributed by atoms with Crippen molar-refractivity contribution in [1.82, 2.24) is 9.88 Å². The minimum atomic E-state index is -0.427. The van der Waals surface area contributed by atoms with E-state index in [1.165, 1.54) is 0 Å². The van der Waals surface area contributed by atoms with Crippen LogP contribution in [-0.4, -0.2) is 40.7 Å². The number of amides is 3. The molecule has 1 aliphatic rings. The number of nitrogens with one attached hydrogen (secondary N) is 2. The monoisotopic (exact) mass is 424 g/mol. The average Bonchev–Trinajstić information content (AvgIpc) is 3.10. The van der Waals surface area contributed by atoms with Crippen molar-refractivity contribution in [3.63, 3.8) is 0 Å². The molecule has 7 nitrogen and oxygen atoms in total. The van der Waals surface area contributed by atoms with Crippen LogP contribution in [0.15, 0.2) is 48.5 Å². The normalized spacial score (nSPS) is 14.6. The molecule has 0 aliphatic carbocycles. The predicted octanol–water partition coefficient (Wildman–Crippen LogP) is 3.41. The molecule has 0 atom stereocenters. The minimum Gasteiger partial charge on any atom is -0.369 e. The van der Waals surface area contributed by atoms with Gasteiger partial charge in [0.25, 0.3) is 11.8 Å². The number of benzene rings is 2. The van der Waals surface area contributed by atoms with E-state index < -0.39 is 5.91 Å². The summed E-state index contributed by atoms with van der Waals surface area (Å²) in [5.41, 5.74) is 7.15. The number of nitrogens with two attached hydrogens (primary N) is 1. The second kappa shape index (κ2) is 8.20. The van der Waals surface area contributed by atoms with E-state index in [2.05, 4.69) is 10.3 Å². The maximum Gasteiger partial charge on any atom is 0.273 e. The zero-order valence-electron chi connectivity index (χ0n) is 16.2. The van der Waals surface area contributed by atoms with Crippen molar-refractivity contribution in [3.05, 3.63) is 64.8 Å². The lowest BCUT2D eigenvalue weighted by molar-refractivity contribution is -0.123. The second-order valence-corrected chi connectivity index (χ2v) is 7.71. The van der Waals surface area contributed by atoms with Crippen molar-refractivity contribution in [2.75, 3.05) is 18.4 Å². The van der Waals surface area contributed by atoms with Crippen LogP contribution in [0.5, 0.6) is 0 Å². The molecule has 0 radical (unpaired) electrons. The largest absolute Gasteiger partial charge is 0.369 e. The molecule has 154 valence electrons. The zero-order chi connectivity index (χ0) is 21.3. The molecule has 30 heavy (non-hydrogen) atoms. The molecule has 4 N–H and O–H groups in total. The first-order valence-corrected chi connectivity index (χ1v) is 10.1. The number of aromatic nitrogens is 1. The number of H-pyrrole nitrogens is 1. The summed E-state index contributed by atoms with van der Waals surface area (Å²) in [4.78, 5) is 42.0. The van der Waals surface area contributed by atoms with E-state index in [-0.39, 0.29) is 23.4 Å². The van der Waals surface area contributed by atoms with Crippen molar-refractivity contribution in [2.24, 2.45) is 11.7 Å². The summed E-state index contributed by atoms with van der Waals surface area (Å²) >= 11 is 6.38.